The van der Waals surface area contributed by atoms with Crippen LogP contribution < -0.4 is 5.32 Å². The molecule has 0 radical (unpaired) electrons. The molecule has 4 unspecified atom stereocenters. The molecule has 1 heteroatoms. The van der Waals surface area contributed by atoms with Gasteiger partial charge in [-0.05, 0) is 85.5 Å². The molecule has 1 aliphatic carbocycles. The van der Waals surface area contributed by atoms with Gasteiger partial charge in [0.25, 0.3) is 0 Å². The van der Waals surface area contributed by atoms with E-state index in [0.717, 1.165) is 59.3 Å². The van der Waals surface area contributed by atoms with E-state index >= 15 is 0 Å². The molecule has 1 saturated heterocycles. The third-order valence-corrected chi connectivity index (χ3v) is 7.77. The molecule has 2 fully saturated rings. The van der Waals surface area contributed by atoms with Crippen molar-refractivity contribution in [2.45, 2.75) is 87.1 Å². The van der Waals surface area contributed by atoms with Crippen LogP contribution in [-0.4, -0.2) is 12.6 Å². The Hall–Kier alpha value is -0.0400. The first-order valence-corrected chi connectivity index (χ1v) is 11.0. The van der Waals surface area contributed by atoms with Crippen LogP contribution in [0.2, 0.25) is 0 Å². The quantitative estimate of drug-likeness (QED) is 0.606. The Labute approximate surface area is 152 Å². The summed E-state index contributed by atoms with van der Waals surface area (Å²) in [5.74, 6) is 7.81. The summed E-state index contributed by atoms with van der Waals surface area (Å²) in [6, 6.07) is 0.808. The second-order valence-corrected chi connectivity index (χ2v) is 10.2. The first-order valence-electron chi connectivity index (χ1n) is 11.0. The van der Waals surface area contributed by atoms with Gasteiger partial charge in [0.1, 0.15) is 0 Å². The van der Waals surface area contributed by atoms with E-state index < -0.39 is 0 Å². The zero-order valence-electron chi connectivity index (χ0n) is 17.8. The third-order valence-electron chi connectivity index (χ3n) is 7.77. The lowest BCUT2D eigenvalue weighted by Crippen LogP contribution is -2.50. The molecule has 0 aromatic rings. The highest BCUT2D eigenvalue weighted by Crippen LogP contribution is 2.54. The van der Waals surface area contributed by atoms with Gasteiger partial charge in [-0.25, -0.2) is 0 Å². The highest BCUT2D eigenvalue weighted by atomic mass is 14.9. The fraction of sp³-hybridized carbons (Fsp3) is 1.00. The van der Waals surface area contributed by atoms with Crippen LogP contribution in [0.4, 0.5) is 0 Å². The second kappa shape index (κ2) is 8.56. The molecule has 1 saturated carbocycles. The Morgan fingerprint density at radius 1 is 0.750 bits per heavy atom. The predicted octanol–water partition coefficient (Wildman–Crippen LogP) is 6.24. The van der Waals surface area contributed by atoms with Crippen LogP contribution in [0, 0.1) is 53.3 Å². The Bertz CT molecular complexity index is 344. The van der Waals surface area contributed by atoms with Crippen LogP contribution >= 0.6 is 0 Å². The molecule has 1 heterocycles. The molecule has 5 atom stereocenters. The number of rotatable bonds is 6. The van der Waals surface area contributed by atoms with Crippen LogP contribution in [-0.2, 0) is 0 Å². The monoisotopic (exact) mass is 335 g/mol. The summed E-state index contributed by atoms with van der Waals surface area (Å²) in [5, 5.41) is 3.72. The zero-order chi connectivity index (χ0) is 18.0. The smallest absolute Gasteiger partial charge is 0.00676 e. The van der Waals surface area contributed by atoms with E-state index in [1.54, 1.807) is 0 Å². The molecule has 0 aromatic heterocycles. The van der Waals surface area contributed by atoms with Crippen molar-refractivity contribution in [2.75, 3.05) is 6.54 Å². The van der Waals surface area contributed by atoms with E-state index in [1.165, 1.54) is 32.2 Å². The van der Waals surface area contributed by atoms with Gasteiger partial charge in [-0.3, -0.25) is 0 Å². The number of hydrogen-bond donors (Lipinski definition) is 1. The molecule has 0 amide bonds. The van der Waals surface area contributed by atoms with Crippen molar-refractivity contribution in [3.63, 3.8) is 0 Å². The average molecular weight is 336 g/mol. The van der Waals surface area contributed by atoms with Gasteiger partial charge in [0, 0.05) is 6.04 Å². The molecular formula is C23H45N. The van der Waals surface area contributed by atoms with Gasteiger partial charge in [-0.15, -0.1) is 0 Å². The van der Waals surface area contributed by atoms with Crippen molar-refractivity contribution < 1.29 is 0 Å². The Morgan fingerprint density at radius 3 is 1.62 bits per heavy atom. The fourth-order valence-corrected chi connectivity index (χ4v) is 6.92. The van der Waals surface area contributed by atoms with Gasteiger partial charge in [-0.2, -0.15) is 0 Å². The van der Waals surface area contributed by atoms with Gasteiger partial charge in [0.2, 0.25) is 0 Å². The number of hydrogen-bond acceptors (Lipinski definition) is 1. The minimum absolute atomic E-state index is 0.808. The van der Waals surface area contributed by atoms with E-state index in [4.69, 9.17) is 0 Å². The summed E-state index contributed by atoms with van der Waals surface area (Å²) in [7, 11) is 0. The van der Waals surface area contributed by atoms with Crippen LogP contribution in [0.25, 0.3) is 0 Å². The Balaban J connectivity index is 2.20. The average Bonchev–Trinajstić information content (AvgIpc) is 2.98. The first kappa shape index (κ1) is 20.3. The van der Waals surface area contributed by atoms with Crippen LogP contribution in [0.1, 0.15) is 81.1 Å². The summed E-state index contributed by atoms with van der Waals surface area (Å²) in [6.45, 7) is 21.4. The van der Waals surface area contributed by atoms with Crippen molar-refractivity contribution in [1.29, 1.82) is 0 Å². The summed E-state index contributed by atoms with van der Waals surface area (Å²) >= 11 is 0. The van der Waals surface area contributed by atoms with E-state index in [-0.39, 0.29) is 0 Å². The van der Waals surface area contributed by atoms with Crippen molar-refractivity contribution >= 4 is 0 Å². The minimum Gasteiger partial charge on any atom is -0.314 e. The standard InChI is InChI=1S/C23H45N/c1-14(2)21-17(7)20(12-11-19-10-9-13-24-19)18(8)22(15(3)4)23(21)16(5)6/h14-24H,9-13H2,1-8H3/t17?,18?,19-,20?,21?,22?,23?/m0/s1. The van der Waals surface area contributed by atoms with E-state index in [2.05, 4.69) is 60.7 Å². The van der Waals surface area contributed by atoms with Crippen molar-refractivity contribution in [3.8, 4) is 0 Å². The predicted molar refractivity (Wildman–Crippen MR) is 107 cm³/mol. The molecule has 1 aliphatic heterocycles. The molecule has 0 spiro atoms. The summed E-state index contributed by atoms with van der Waals surface area (Å²) < 4.78 is 0. The molecule has 2 aliphatic rings. The number of nitrogens with one attached hydrogen (secondary N) is 1. The molecule has 142 valence electrons. The van der Waals surface area contributed by atoms with Crippen molar-refractivity contribution in [2.24, 2.45) is 53.3 Å². The maximum absolute atomic E-state index is 3.72. The van der Waals surface area contributed by atoms with Crippen LogP contribution in [0.3, 0.4) is 0 Å². The maximum Gasteiger partial charge on any atom is 0.00676 e. The van der Waals surface area contributed by atoms with Gasteiger partial charge in [-0.1, -0.05) is 55.4 Å². The van der Waals surface area contributed by atoms with Gasteiger partial charge >= 0.3 is 0 Å². The first-order chi connectivity index (χ1) is 11.3. The summed E-state index contributed by atoms with van der Waals surface area (Å²) in [4.78, 5) is 0. The molecule has 1 nitrogen and oxygen atoms in total. The normalized spacial score (nSPS) is 40.9. The minimum atomic E-state index is 0.808. The van der Waals surface area contributed by atoms with Gasteiger partial charge < -0.3 is 5.32 Å². The Morgan fingerprint density at radius 2 is 1.25 bits per heavy atom. The molecule has 0 bridgehead atoms. The highest BCUT2D eigenvalue weighted by molar-refractivity contribution is 4.97. The SMILES string of the molecule is CC(C)C1C(C)C(CC[C@@H]2CCCN2)C(C)C(C(C)C)C1C(C)C. The summed E-state index contributed by atoms with van der Waals surface area (Å²) in [5.41, 5.74) is 0. The maximum atomic E-state index is 3.72. The lowest BCUT2D eigenvalue weighted by molar-refractivity contribution is -0.0698. The lowest BCUT2D eigenvalue weighted by Gasteiger charge is -2.55. The van der Waals surface area contributed by atoms with E-state index in [9.17, 15) is 0 Å². The summed E-state index contributed by atoms with van der Waals surface area (Å²) in [6.07, 6.45) is 5.64. The lowest BCUT2D eigenvalue weighted by atomic mass is 9.50. The highest BCUT2D eigenvalue weighted by Gasteiger charge is 2.49. The molecule has 2 rings (SSSR count). The van der Waals surface area contributed by atoms with Crippen molar-refractivity contribution in [3.05, 3.63) is 0 Å². The van der Waals surface area contributed by atoms with Crippen LogP contribution in [0.15, 0.2) is 0 Å². The Kier molecular flexibility index (Phi) is 7.23. The van der Waals surface area contributed by atoms with Crippen LogP contribution in [0.5, 0.6) is 0 Å². The molecule has 24 heavy (non-hydrogen) atoms. The van der Waals surface area contributed by atoms with Gasteiger partial charge in [0.15, 0.2) is 0 Å². The van der Waals surface area contributed by atoms with E-state index in [1.807, 2.05) is 0 Å². The molecular weight excluding hydrogens is 290 g/mol. The molecule has 1 N–H and O–H groups in total. The van der Waals surface area contributed by atoms with Crippen molar-refractivity contribution in [1.82, 2.24) is 5.32 Å². The fourth-order valence-electron chi connectivity index (χ4n) is 6.92. The topological polar surface area (TPSA) is 12.0 Å². The van der Waals surface area contributed by atoms with Gasteiger partial charge in [0.05, 0.1) is 0 Å². The second-order valence-electron chi connectivity index (χ2n) is 10.2. The third kappa shape index (κ3) is 4.19. The largest absolute Gasteiger partial charge is 0.314 e. The zero-order valence-corrected chi connectivity index (χ0v) is 17.8. The molecule has 0 aromatic carbocycles. The van der Waals surface area contributed by atoms with E-state index in [0.29, 0.717) is 0 Å².